The van der Waals surface area contributed by atoms with Crippen molar-refractivity contribution >= 4 is 0 Å². The van der Waals surface area contributed by atoms with Crippen LogP contribution in [0, 0.1) is 0 Å². The van der Waals surface area contributed by atoms with Crippen molar-refractivity contribution in [2.45, 2.75) is 0 Å². The van der Waals surface area contributed by atoms with Crippen LogP contribution >= 0.6 is 0 Å². The fourth-order valence-corrected chi connectivity index (χ4v) is 0.178. The summed E-state index contributed by atoms with van der Waals surface area (Å²) in [6.45, 7) is 3.62. The average Bonchev–Trinajstić information content (AvgIpc) is 1.35. The molecule has 36 valence electrons. The van der Waals surface area contributed by atoms with E-state index in [2.05, 4.69) is 6.58 Å². The van der Waals surface area contributed by atoms with E-state index in [1.807, 2.05) is 0 Å². The molecule has 0 rings (SSSR count). The Morgan fingerprint density at radius 1 is 2.00 bits per heavy atom. The Morgan fingerprint density at radius 2 is 2.50 bits per heavy atom. The first-order valence-electron chi connectivity index (χ1n) is 1.75. The summed E-state index contributed by atoms with van der Waals surface area (Å²) in [4.78, 5) is 0. The summed E-state index contributed by atoms with van der Waals surface area (Å²) in [5, 5.41) is 0.562. The normalized spacial score (nSPS) is 9.17. The Hall–Kier alpha value is -0.370. The van der Waals surface area contributed by atoms with Crippen LogP contribution in [-0.4, -0.2) is 18.7 Å². The van der Waals surface area contributed by atoms with Gasteiger partial charge in [0.2, 0.25) is 0 Å². The Labute approximate surface area is 37.0 Å². The molecule has 0 aliphatic carbocycles. The van der Waals surface area contributed by atoms with Crippen molar-refractivity contribution in [2.75, 3.05) is 13.6 Å². The predicted octanol–water partition coefficient (Wildman–Crippen LogP) is 0.989. The molecule has 0 radical (unpaired) electrons. The second-order valence-electron chi connectivity index (χ2n) is 1.08. The van der Waals surface area contributed by atoms with Gasteiger partial charge in [0, 0.05) is 13.6 Å². The number of hydrogen-bond acceptors (Lipinski definition) is 1. The summed E-state index contributed by atoms with van der Waals surface area (Å²) in [5.74, 6) is 0. The van der Waals surface area contributed by atoms with Crippen molar-refractivity contribution in [3.63, 3.8) is 0 Å². The predicted molar refractivity (Wildman–Crippen MR) is 23.9 cm³/mol. The maximum atomic E-state index is 11.5. The fraction of sp³-hybridized carbons (Fsp3) is 0.500. The van der Waals surface area contributed by atoms with E-state index in [1.165, 1.54) is 13.1 Å². The molecule has 0 amide bonds. The highest BCUT2D eigenvalue weighted by Crippen LogP contribution is 1.77. The first-order chi connectivity index (χ1) is 2.77. The maximum absolute atomic E-state index is 11.5. The van der Waals surface area contributed by atoms with Crippen LogP contribution in [0.3, 0.4) is 0 Å². The summed E-state index contributed by atoms with van der Waals surface area (Å²) in [7, 11) is 1.35. The van der Waals surface area contributed by atoms with Crippen LogP contribution in [0.5, 0.6) is 0 Å². The molecule has 0 aliphatic rings. The highest BCUT2D eigenvalue weighted by molar-refractivity contribution is 4.66. The van der Waals surface area contributed by atoms with Gasteiger partial charge in [0.15, 0.2) is 0 Å². The van der Waals surface area contributed by atoms with Crippen LogP contribution in [-0.2, 0) is 0 Å². The minimum absolute atomic E-state index is 0.306. The second-order valence-corrected chi connectivity index (χ2v) is 1.08. The Morgan fingerprint density at radius 3 is 2.50 bits per heavy atom. The largest absolute Gasteiger partial charge is 0.146 e. The van der Waals surface area contributed by atoms with Crippen LogP contribution in [0.4, 0.5) is 4.48 Å². The molecule has 2 heteroatoms. The Bertz CT molecular complexity index is 42.8. The van der Waals surface area contributed by atoms with Gasteiger partial charge in [-0.3, -0.25) is 0 Å². The smallest absolute Gasteiger partial charge is 0.0465 e. The molecule has 0 aromatic rings. The molecule has 0 aromatic carbocycles. The zero-order valence-corrected chi connectivity index (χ0v) is 3.82. The third-order valence-electron chi connectivity index (χ3n) is 0.381. The SMILES string of the molecule is C=CCN(C)F. The second kappa shape index (κ2) is 2.85. The van der Waals surface area contributed by atoms with E-state index >= 15 is 0 Å². The molecule has 0 bridgehead atoms. The van der Waals surface area contributed by atoms with Gasteiger partial charge in [-0.2, -0.15) is 0 Å². The molecule has 0 heterocycles. The molecule has 0 aliphatic heterocycles. The molecule has 0 spiro atoms. The van der Waals surface area contributed by atoms with E-state index < -0.39 is 0 Å². The van der Waals surface area contributed by atoms with Crippen molar-refractivity contribution in [3.05, 3.63) is 12.7 Å². The molecule has 0 fully saturated rings. The molecular formula is C4H8FN. The third kappa shape index (κ3) is 3.63. The summed E-state index contributed by atoms with van der Waals surface area (Å²) >= 11 is 0. The van der Waals surface area contributed by atoms with Gasteiger partial charge in [0.25, 0.3) is 0 Å². The molecule has 0 aromatic heterocycles. The van der Waals surface area contributed by atoms with E-state index in [0.29, 0.717) is 11.7 Å². The van der Waals surface area contributed by atoms with Crippen LogP contribution < -0.4 is 0 Å². The monoisotopic (exact) mass is 89.1 g/mol. The molecule has 0 atom stereocenters. The van der Waals surface area contributed by atoms with Gasteiger partial charge in [-0.05, 0) is 0 Å². The van der Waals surface area contributed by atoms with Gasteiger partial charge in [-0.1, -0.05) is 6.08 Å². The molecule has 6 heavy (non-hydrogen) atoms. The highest BCUT2D eigenvalue weighted by Gasteiger charge is 1.81. The fourth-order valence-electron chi connectivity index (χ4n) is 0.178. The number of hydrogen-bond donors (Lipinski definition) is 0. The van der Waals surface area contributed by atoms with Gasteiger partial charge < -0.3 is 0 Å². The maximum Gasteiger partial charge on any atom is 0.0465 e. The number of nitrogens with zero attached hydrogens (tertiary/aromatic N) is 1. The zero-order valence-electron chi connectivity index (χ0n) is 3.82. The first kappa shape index (κ1) is 5.63. The molecule has 0 unspecified atom stereocenters. The number of halogens is 1. The van der Waals surface area contributed by atoms with Gasteiger partial charge in [0.1, 0.15) is 0 Å². The minimum atomic E-state index is 0.306. The van der Waals surface area contributed by atoms with Crippen LogP contribution in [0.15, 0.2) is 12.7 Å². The van der Waals surface area contributed by atoms with Crippen molar-refractivity contribution in [2.24, 2.45) is 0 Å². The molecule has 0 saturated carbocycles. The molecular weight excluding hydrogens is 81.0 g/mol. The lowest BCUT2D eigenvalue weighted by Gasteiger charge is -1.94. The summed E-state index contributed by atoms with van der Waals surface area (Å²) < 4.78 is 11.5. The van der Waals surface area contributed by atoms with E-state index in [0.717, 1.165) is 0 Å². The average molecular weight is 89.1 g/mol. The van der Waals surface area contributed by atoms with Crippen LogP contribution in [0.2, 0.25) is 0 Å². The van der Waals surface area contributed by atoms with Crippen molar-refractivity contribution in [3.8, 4) is 0 Å². The van der Waals surface area contributed by atoms with Crippen molar-refractivity contribution < 1.29 is 4.48 Å². The molecule has 0 N–H and O–H groups in total. The third-order valence-corrected chi connectivity index (χ3v) is 0.381. The van der Waals surface area contributed by atoms with E-state index in [4.69, 9.17) is 0 Å². The minimum Gasteiger partial charge on any atom is -0.146 e. The highest BCUT2D eigenvalue weighted by atomic mass is 19.2. The summed E-state index contributed by atoms with van der Waals surface area (Å²) in [6, 6.07) is 0. The van der Waals surface area contributed by atoms with Crippen LogP contribution in [0.1, 0.15) is 0 Å². The van der Waals surface area contributed by atoms with Crippen molar-refractivity contribution in [1.29, 1.82) is 0 Å². The standard InChI is InChI=1S/C4H8FN/c1-3-4-6(2)5/h3H,1,4H2,2H3. The van der Waals surface area contributed by atoms with Crippen LogP contribution in [0.25, 0.3) is 0 Å². The lowest BCUT2D eigenvalue weighted by atomic mass is 10.6. The molecule has 1 nitrogen and oxygen atoms in total. The zero-order chi connectivity index (χ0) is 4.99. The Balaban J connectivity index is 2.81. The Kier molecular flexibility index (Phi) is 2.67. The van der Waals surface area contributed by atoms with Gasteiger partial charge >= 0.3 is 0 Å². The lowest BCUT2D eigenvalue weighted by molar-refractivity contribution is 0.0764. The van der Waals surface area contributed by atoms with Gasteiger partial charge in [0.05, 0.1) is 0 Å². The topological polar surface area (TPSA) is 3.24 Å². The number of rotatable bonds is 2. The lowest BCUT2D eigenvalue weighted by Crippen LogP contribution is -2.03. The summed E-state index contributed by atoms with van der Waals surface area (Å²) in [6.07, 6.45) is 1.50. The van der Waals surface area contributed by atoms with Gasteiger partial charge in [-0.15, -0.1) is 16.2 Å². The number of likely N-dealkylation sites (N-methyl/N-ethyl adjacent to an activating group) is 1. The van der Waals surface area contributed by atoms with E-state index in [9.17, 15) is 4.48 Å². The van der Waals surface area contributed by atoms with Crippen molar-refractivity contribution in [1.82, 2.24) is 5.12 Å². The first-order valence-corrected chi connectivity index (χ1v) is 1.75. The quantitative estimate of drug-likeness (QED) is 0.360. The van der Waals surface area contributed by atoms with Gasteiger partial charge in [-0.25, -0.2) is 0 Å². The summed E-state index contributed by atoms with van der Waals surface area (Å²) in [5.41, 5.74) is 0. The molecule has 0 saturated heterocycles. The van der Waals surface area contributed by atoms with E-state index in [1.54, 1.807) is 0 Å². The van der Waals surface area contributed by atoms with E-state index in [-0.39, 0.29) is 0 Å².